The molecule has 0 fully saturated rings. The number of nitrogens with zero attached hydrogens (tertiary/aromatic N) is 1. The van der Waals surface area contributed by atoms with Gasteiger partial charge in [0.2, 0.25) is 10.0 Å². The van der Waals surface area contributed by atoms with Gasteiger partial charge in [-0.3, -0.25) is 0 Å². The van der Waals surface area contributed by atoms with Crippen LogP contribution in [0.4, 0.5) is 0 Å². The lowest BCUT2D eigenvalue weighted by molar-refractivity contribution is 0.0589. The fourth-order valence-corrected chi connectivity index (χ4v) is 4.38. The Balaban J connectivity index is 1.95. The number of benzene rings is 1. The van der Waals surface area contributed by atoms with Gasteiger partial charge >= 0.3 is 5.97 Å². The molecule has 2 aromatic rings. The van der Waals surface area contributed by atoms with Gasteiger partial charge < -0.3 is 4.74 Å². The molecule has 0 aliphatic heterocycles. The first-order chi connectivity index (χ1) is 11.5. The van der Waals surface area contributed by atoms with Gasteiger partial charge in [0.05, 0.1) is 7.11 Å². The lowest BCUT2D eigenvalue weighted by Gasteiger charge is -2.26. The number of methoxy groups -OCH3 is 1. The fraction of sp³-hybridized carbons (Fsp3) is 0.294. The fourth-order valence-electron chi connectivity index (χ4n) is 2.98. The summed E-state index contributed by atoms with van der Waals surface area (Å²) in [5.41, 5.74) is 1.92. The number of aryl methyl sites for hydroxylation is 1. The summed E-state index contributed by atoms with van der Waals surface area (Å²) >= 11 is 0. The quantitative estimate of drug-likeness (QED) is 0.858. The number of hydrogen-bond acceptors (Lipinski definition) is 5. The van der Waals surface area contributed by atoms with E-state index in [-0.39, 0.29) is 16.6 Å². The number of ether oxygens (including phenoxy) is 1. The van der Waals surface area contributed by atoms with Crippen molar-refractivity contribution in [3.8, 4) is 0 Å². The molecule has 0 saturated heterocycles. The zero-order valence-corrected chi connectivity index (χ0v) is 14.0. The molecule has 0 radical (unpaired) electrons. The van der Waals surface area contributed by atoms with Gasteiger partial charge in [-0.15, -0.1) is 0 Å². The summed E-state index contributed by atoms with van der Waals surface area (Å²) in [6.07, 6.45) is 3.92. The lowest BCUT2D eigenvalue weighted by Crippen LogP contribution is -2.32. The number of nitrogens with one attached hydrogen (secondary N) is 1. The molecule has 1 aromatic carbocycles. The molecule has 1 aromatic heterocycles. The van der Waals surface area contributed by atoms with E-state index in [0.717, 1.165) is 24.0 Å². The summed E-state index contributed by atoms with van der Waals surface area (Å²) in [4.78, 5) is 15.5. The maximum Gasteiger partial charge on any atom is 0.358 e. The molecule has 1 heterocycles. The first-order valence-electron chi connectivity index (χ1n) is 7.66. The van der Waals surface area contributed by atoms with Crippen molar-refractivity contribution in [1.82, 2.24) is 9.71 Å². The predicted octanol–water partition coefficient (Wildman–Crippen LogP) is 2.22. The molecule has 0 spiro atoms. The van der Waals surface area contributed by atoms with Crippen molar-refractivity contribution in [1.29, 1.82) is 0 Å². The summed E-state index contributed by atoms with van der Waals surface area (Å²) in [7, 11) is -2.71. The molecule has 126 valence electrons. The van der Waals surface area contributed by atoms with Crippen molar-refractivity contribution >= 4 is 16.0 Å². The second-order valence-corrected chi connectivity index (χ2v) is 7.29. The summed E-state index contributed by atoms with van der Waals surface area (Å²) in [6, 6.07) is 10.3. The van der Waals surface area contributed by atoms with Gasteiger partial charge in [-0.1, -0.05) is 24.3 Å². The summed E-state index contributed by atoms with van der Waals surface area (Å²) in [5, 5.41) is 0. The maximum atomic E-state index is 12.8. The first-order valence-corrected chi connectivity index (χ1v) is 9.14. The second kappa shape index (κ2) is 6.70. The normalized spacial score (nSPS) is 17.1. The van der Waals surface area contributed by atoms with Gasteiger partial charge in [-0.25, -0.2) is 22.9 Å². The molecule has 6 nitrogen and oxygen atoms in total. The van der Waals surface area contributed by atoms with Gasteiger partial charge in [0.15, 0.2) is 5.69 Å². The highest BCUT2D eigenvalue weighted by Crippen LogP contribution is 2.31. The Labute approximate surface area is 140 Å². The Morgan fingerprint density at radius 1 is 1.25 bits per heavy atom. The van der Waals surface area contributed by atoms with Crippen LogP contribution in [0.5, 0.6) is 0 Å². The van der Waals surface area contributed by atoms with Crippen LogP contribution in [0.1, 0.15) is 40.5 Å². The topological polar surface area (TPSA) is 85.4 Å². The highest BCUT2D eigenvalue weighted by atomic mass is 32.2. The highest BCUT2D eigenvalue weighted by Gasteiger charge is 2.29. The molecule has 24 heavy (non-hydrogen) atoms. The summed E-state index contributed by atoms with van der Waals surface area (Å²) in [6.45, 7) is 0. The van der Waals surface area contributed by atoms with Gasteiger partial charge in [-0.05, 0) is 42.5 Å². The van der Waals surface area contributed by atoms with Crippen molar-refractivity contribution < 1.29 is 17.9 Å². The number of hydrogen-bond donors (Lipinski definition) is 1. The standard InChI is InChI=1S/C17H18N2O4S/c1-23-17(20)16-15(10-5-11-18-16)24(21,22)19-14-9-4-7-12-6-2-3-8-13(12)14/h2-3,5-6,8,10-11,14,19H,4,7,9H2,1H3/t14-/m1/s1. The van der Waals surface area contributed by atoms with Crippen LogP contribution in [0.15, 0.2) is 47.5 Å². The molecule has 1 aliphatic carbocycles. The minimum Gasteiger partial charge on any atom is -0.464 e. The van der Waals surface area contributed by atoms with E-state index in [4.69, 9.17) is 0 Å². The second-order valence-electron chi connectivity index (χ2n) is 5.61. The number of carbonyl (C=O) groups excluding carboxylic acids is 1. The SMILES string of the molecule is COC(=O)c1ncccc1S(=O)(=O)N[C@@H]1CCCc2ccccc21. The largest absolute Gasteiger partial charge is 0.464 e. The maximum absolute atomic E-state index is 12.8. The van der Waals surface area contributed by atoms with E-state index in [1.165, 1.54) is 25.4 Å². The van der Waals surface area contributed by atoms with Crippen LogP contribution in [0.25, 0.3) is 0 Å². The number of pyridine rings is 1. The molecule has 1 N–H and O–H groups in total. The molecule has 3 rings (SSSR count). The number of carbonyl (C=O) groups is 1. The van der Waals surface area contributed by atoms with Crippen molar-refractivity contribution in [2.75, 3.05) is 7.11 Å². The number of fused-ring (bicyclic) bond motifs is 1. The van der Waals surface area contributed by atoms with Gasteiger partial charge in [0.1, 0.15) is 4.90 Å². The number of rotatable bonds is 4. The third-order valence-corrected chi connectivity index (χ3v) is 5.61. The average Bonchev–Trinajstić information content (AvgIpc) is 2.61. The Kier molecular flexibility index (Phi) is 4.64. The summed E-state index contributed by atoms with van der Waals surface area (Å²) < 4.78 is 32.9. The van der Waals surface area contributed by atoms with Crippen molar-refractivity contribution in [2.45, 2.75) is 30.2 Å². The van der Waals surface area contributed by atoms with Crippen LogP contribution in [0.2, 0.25) is 0 Å². The van der Waals surface area contributed by atoms with E-state index in [1.807, 2.05) is 24.3 Å². The van der Waals surface area contributed by atoms with Crippen LogP contribution in [-0.4, -0.2) is 26.5 Å². The highest BCUT2D eigenvalue weighted by molar-refractivity contribution is 7.89. The number of esters is 1. The molecule has 1 aliphatic rings. The molecule has 1 atom stereocenters. The average molecular weight is 346 g/mol. The molecular weight excluding hydrogens is 328 g/mol. The molecular formula is C17H18N2O4S. The van der Waals surface area contributed by atoms with Gasteiger partial charge in [0.25, 0.3) is 0 Å². The van der Waals surface area contributed by atoms with E-state index in [1.54, 1.807) is 0 Å². The van der Waals surface area contributed by atoms with Crippen LogP contribution in [-0.2, 0) is 21.2 Å². The minimum atomic E-state index is -3.90. The lowest BCUT2D eigenvalue weighted by atomic mass is 9.88. The third-order valence-electron chi connectivity index (χ3n) is 4.11. The zero-order chi connectivity index (χ0) is 17.2. The Bertz CT molecular complexity index is 864. The molecule has 0 saturated carbocycles. The third kappa shape index (κ3) is 3.18. The van der Waals surface area contributed by atoms with Crippen molar-refractivity contribution in [3.63, 3.8) is 0 Å². The van der Waals surface area contributed by atoms with Crippen LogP contribution < -0.4 is 4.72 Å². The zero-order valence-electron chi connectivity index (χ0n) is 13.2. The summed E-state index contributed by atoms with van der Waals surface area (Å²) in [5.74, 6) is -0.778. The van der Waals surface area contributed by atoms with Crippen LogP contribution >= 0.6 is 0 Å². The van der Waals surface area contributed by atoms with Crippen molar-refractivity contribution in [3.05, 3.63) is 59.4 Å². The van der Waals surface area contributed by atoms with Crippen molar-refractivity contribution in [2.24, 2.45) is 0 Å². The van der Waals surface area contributed by atoms with Gasteiger partial charge in [0, 0.05) is 12.2 Å². The molecule has 0 bridgehead atoms. The van der Waals surface area contributed by atoms with E-state index >= 15 is 0 Å². The molecule has 0 amide bonds. The Hall–Kier alpha value is -2.25. The van der Waals surface area contributed by atoms with Crippen LogP contribution in [0.3, 0.4) is 0 Å². The minimum absolute atomic E-state index is 0.167. The number of aromatic nitrogens is 1. The van der Waals surface area contributed by atoms with Gasteiger partial charge in [-0.2, -0.15) is 0 Å². The van der Waals surface area contributed by atoms with E-state index in [2.05, 4.69) is 14.4 Å². The predicted molar refractivity (Wildman–Crippen MR) is 88.0 cm³/mol. The van der Waals surface area contributed by atoms with E-state index in [0.29, 0.717) is 6.42 Å². The molecule has 0 unspecified atom stereocenters. The first kappa shape index (κ1) is 16.6. The Morgan fingerprint density at radius 2 is 2.04 bits per heavy atom. The smallest absolute Gasteiger partial charge is 0.358 e. The monoisotopic (exact) mass is 346 g/mol. The van der Waals surface area contributed by atoms with Crippen LogP contribution in [0, 0.1) is 0 Å². The van der Waals surface area contributed by atoms with E-state index < -0.39 is 16.0 Å². The Morgan fingerprint density at radius 3 is 2.83 bits per heavy atom. The number of sulfonamides is 1. The molecule has 7 heteroatoms. The van der Waals surface area contributed by atoms with E-state index in [9.17, 15) is 13.2 Å².